The number of halogens is 1. The first kappa shape index (κ1) is 15.9. The van der Waals surface area contributed by atoms with E-state index in [1.165, 1.54) is 6.20 Å². The number of nitriles is 1. The zero-order chi connectivity index (χ0) is 15.9. The molecule has 0 saturated heterocycles. The minimum atomic E-state index is -0.481. The molecule has 110 valence electrons. The van der Waals surface area contributed by atoms with Crippen LogP contribution in [0.5, 0.6) is 0 Å². The number of nitrogens with two attached hydrogens (primary N) is 1. The Morgan fingerprint density at radius 1 is 1.09 bits per heavy atom. The highest BCUT2D eigenvalue weighted by Gasteiger charge is 2.09. The van der Waals surface area contributed by atoms with Gasteiger partial charge in [0.1, 0.15) is 11.6 Å². The van der Waals surface area contributed by atoms with Crippen molar-refractivity contribution in [3.63, 3.8) is 0 Å². The van der Waals surface area contributed by atoms with Gasteiger partial charge in [0.2, 0.25) is 0 Å². The number of carbonyl (C=O) groups excluding carboxylic acids is 1. The molecule has 0 bridgehead atoms. The fraction of sp³-hybridized carbons (Fsp3) is 0. The molecule has 0 saturated carbocycles. The average Bonchev–Trinajstić information content (AvgIpc) is 2.52. The Morgan fingerprint density at radius 2 is 1.68 bits per heavy atom. The van der Waals surface area contributed by atoms with E-state index in [4.69, 9.17) is 11.0 Å². The van der Waals surface area contributed by atoms with E-state index in [-0.39, 0.29) is 5.57 Å². The third-order valence-corrected chi connectivity index (χ3v) is 3.48. The normalized spacial score (nSPS) is 10.6. The second-order valence-electron chi connectivity index (χ2n) is 4.40. The molecule has 0 aromatic heterocycles. The van der Waals surface area contributed by atoms with Crippen molar-refractivity contribution in [1.82, 2.24) is 0 Å². The Morgan fingerprint density at radius 3 is 2.27 bits per heavy atom. The molecule has 5 nitrogen and oxygen atoms in total. The topological polar surface area (TPSA) is 90.9 Å². The van der Waals surface area contributed by atoms with Crippen LogP contribution in [0.1, 0.15) is 0 Å². The quantitative estimate of drug-likeness (QED) is 0.316. The molecule has 4 N–H and O–H groups in total. The van der Waals surface area contributed by atoms with Gasteiger partial charge in [-0.3, -0.25) is 4.79 Å². The summed E-state index contributed by atoms with van der Waals surface area (Å²) in [6.45, 7) is 0. The van der Waals surface area contributed by atoms with Crippen molar-refractivity contribution in [2.45, 2.75) is 0 Å². The lowest BCUT2D eigenvalue weighted by molar-refractivity contribution is -0.112. The minimum absolute atomic E-state index is 0.0182. The van der Waals surface area contributed by atoms with Gasteiger partial charge >= 0.3 is 0 Å². The zero-order valence-corrected chi connectivity index (χ0v) is 13.7. The summed E-state index contributed by atoms with van der Waals surface area (Å²) >= 11 is 2.20. The SMILES string of the molecule is N#C/C(=C/Nc1ccc(I)cc1)C(=O)Nc1ccc(N)cc1. The lowest BCUT2D eigenvalue weighted by atomic mass is 10.2. The number of hydrogen-bond donors (Lipinski definition) is 3. The van der Waals surface area contributed by atoms with E-state index in [2.05, 4.69) is 33.2 Å². The lowest BCUT2D eigenvalue weighted by Crippen LogP contribution is -2.14. The van der Waals surface area contributed by atoms with Crippen LogP contribution in [0.25, 0.3) is 0 Å². The number of anilines is 3. The molecule has 2 rings (SSSR count). The number of nitrogen functional groups attached to an aromatic ring is 1. The number of carbonyl (C=O) groups is 1. The molecule has 0 radical (unpaired) electrons. The highest BCUT2D eigenvalue weighted by Crippen LogP contribution is 2.13. The molecule has 2 aromatic rings. The van der Waals surface area contributed by atoms with Gasteiger partial charge in [-0.05, 0) is 71.1 Å². The van der Waals surface area contributed by atoms with Crippen molar-refractivity contribution in [3.8, 4) is 6.07 Å². The molecular weight excluding hydrogens is 391 g/mol. The van der Waals surface area contributed by atoms with E-state index in [1.807, 2.05) is 30.3 Å². The van der Waals surface area contributed by atoms with E-state index < -0.39 is 5.91 Å². The summed E-state index contributed by atoms with van der Waals surface area (Å²) in [5.41, 5.74) is 7.54. The molecule has 22 heavy (non-hydrogen) atoms. The number of benzene rings is 2. The zero-order valence-electron chi connectivity index (χ0n) is 11.5. The standard InChI is InChI=1S/C16H13IN4O/c17-12-1-5-14(6-2-12)20-10-11(9-18)16(22)21-15-7-3-13(19)4-8-15/h1-8,10,20H,19H2,(H,21,22)/b11-10-. The van der Waals surface area contributed by atoms with Gasteiger partial charge in [-0.2, -0.15) is 5.26 Å². The smallest absolute Gasteiger partial charge is 0.267 e. The number of nitrogens with one attached hydrogen (secondary N) is 2. The highest BCUT2D eigenvalue weighted by atomic mass is 127. The maximum atomic E-state index is 12.0. The van der Waals surface area contributed by atoms with Crippen LogP contribution in [0.4, 0.5) is 17.1 Å². The molecule has 0 aliphatic heterocycles. The number of hydrogen-bond acceptors (Lipinski definition) is 4. The van der Waals surface area contributed by atoms with E-state index in [9.17, 15) is 4.79 Å². The Labute approximate surface area is 142 Å². The van der Waals surface area contributed by atoms with Crippen molar-refractivity contribution in [2.24, 2.45) is 0 Å². The molecule has 0 atom stereocenters. The van der Waals surface area contributed by atoms with Gasteiger partial charge in [0, 0.05) is 26.8 Å². The fourth-order valence-corrected chi connectivity index (χ4v) is 1.97. The van der Waals surface area contributed by atoms with E-state index in [0.29, 0.717) is 11.4 Å². The van der Waals surface area contributed by atoms with Crippen molar-refractivity contribution in [3.05, 3.63) is 63.9 Å². The Balaban J connectivity index is 2.05. The molecule has 2 aromatic carbocycles. The van der Waals surface area contributed by atoms with Crippen molar-refractivity contribution in [2.75, 3.05) is 16.4 Å². The lowest BCUT2D eigenvalue weighted by Gasteiger charge is -2.05. The first-order valence-electron chi connectivity index (χ1n) is 6.38. The van der Waals surface area contributed by atoms with Crippen molar-refractivity contribution < 1.29 is 4.79 Å². The highest BCUT2D eigenvalue weighted by molar-refractivity contribution is 14.1. The van der Waals surface area contributed by atoms with Gasteiger partial charge in [-0.15, -0.1) is 0 Å². The molecule has 0 unspecified atom stereocenters. The summed E-state index contributed by atoms with van der Waals surface area (Å²) in [4.78, 5) is 12.0. The van der Waals surface area contributed by atoms with Crippen LogP contribution in [0, 0.1) is 14.9 Å². The maximum Gasteiger partial charge on any atom is 0.267 e. The van der Waals surface area contributed by atoms with E-state index in [1.54, 1.807) is 24.3 Å². The summed E-state index contributed by atoms with van der Waals surface area (Å²) < 4.78 is 1.11. The summed E-state index contributed by atoms with van der Waals surface area (Å²) in [6, 6.07) is 16.2. The molecule has 0 heterocycles. The second kappa shape index (κ2) is 7.47. The molecule has 0 spiro atoms. The third kappa shape index (κ3) is 4.49. The summed E-state index contributed by atoms with van der Waals surface area (Å²) in [6.07, 6.45) is 1.38. The number of rotatable bonds is 4. The molecular formula is C16H13IN4O. The van der Waals surface area contributed by atoms with Crippen molar-refractivity contribution in [1.29, 1.82) is 5.26 Å². The number of nitrogens with zero attached hydrogens (tertiary/aromatic N) is 1. The van der Waals surface area contributed by atoms with Crippen LogP contribution in [-0.2, 0) is 4.79 Å². The predicted molar refractivity (Wildman–Crippen MR) is 96.0 cm³/mol. The summed E-state index contributed by atoms with van der Waals surface area (Å²) in [5.74, 6) is -0.481. The average molecular weight is 404 g/mol. The van der Waals surface area contributed by atoms with Crippen LogP contribution in [0.15, 0.2) is 60.3 Å². The third-order valence-electron chi connectivity index (χ3n) is 2.76. The first-order chi connectivity index (χ1) is 10.6. The summed E-state index contributed by atoms with van der Waals surface area (Å²) in [5, 5.41) is 14.7. The van der Waals surface area contributed by atoms with Crippen LogP contribution < -0.4 is 16.4 Å². The van der Waals surface area contributed by atoms with E-state index >= 15 is 0 Å². The van der Waals surface area contributed by atoms with Crippen molar-refractivity contribution >= 4 is 45.6 Å². The molecule has 6 heteroatoms. The molecule has 0 aliphatic rings. The maximum absolute atomic E-state index is 12.0. The van der Waals surface area contributed by atoms with Crippen LogP contribution in [0.2, 0.25) is 0 Å². The monoisotopic (exact) mass is 404 g/mol. The predicted octanol–water partition coefficient (Wildman–Crippen LogP) is 3.33. The minimum Gasteiger partial charge on any atom is -0.399 e. The molecule has 0 fully saturated rings. The first-order valence-corrected chi connectivity index (χ1v) is 7.45. The van der Waals surface area contributed by atoms with Gasteiger partial charge in [0.15, 0.2) is 0 Å². The van der Waals surface area contributed by atoms with Crippen LogP contribution >= 0.6 is 22.6 Å². The van der Waals surface area contributed by atoms with Gasteiger partial charge in [-0.25, -0.2) is 0 Å². The fourth-order valence-electron chi connectivity index (χ4n) is 1.62. The van der Waals surface area contributed by atoms with Gasteiger partial charge in [0.05, 0.1) is 0 Å². The Kier molecular flexibility index (Phi) is 5.38. The summed E-state index contributed by atoms with van der Waals surface area (Å²) in [7, 11) is 0. The van der Waals surface area contributed by atoms with E-state index in [0.717, 1.165) is 9.26 Å². The van der Waals surface area contributed by atoms with Gasteiger partial charge < -0.3 is 16.4 Å². The second-order valence-corrected chi connectivity index (χ2v) is 5.64. The Bertz CT molecular complexity index is 730. The Hall–Kier alpha value is -2.53. The molecule has 0 aliphatic carbocycles. The largest absolute Gasteiger partial charge is 0.399 e. The number of amides is 1. The van der Waals surface area contributed by atoms with Crippen LogP contribution in [0.3, 0.4) is 0 Å². The van der Waals surface area contributed by atoms with Crippen LogP contribution in [-0.4, -0.2) is 5.91 Å². The molecule has 1 amide bonds. The van der Waals surface area contributed by atoms with Gasteiger partial charge in [-0.1, -0.05) is 0 Å². The van der Waals surface area contributed by atoms with Gasteiger partial charge in [0.25, 0.3) is 5.91 Å².